The van der Waals surface area contributed by atoms with Crippen molar-refractivity contribution in [3.63, 3.8) is 0 Å². The summed E-state index contributed by atoms with van der Waals surface area (Å²) in [5.41, 5.74) is 1.95. The van der Waals surface area contributed by atoms with Crippen molar-refractivity contribution in [3.8, 4) is 5.75 Å². The number of fused-ring (bicyclic) bond motifs is 1. The number of hydrogen-bond donors (Lipinski definition) is 0. The van der Waals surface area contributed by atoms with Gasteiger partial charge in [-0.05, 0) is 30.0 Å². The second-order valence-electron chi connectivity index (χ2n) is 4.64. The quantitative estimate of drug-likeness (QED) is 0.543. The molecule has 0 atom stereocenters. The molecule has 0 saturated heterocycles. The molecule has 0 bridgehead atoms. The molecule has 1 heterocycles. The number of ether oxygens (including phenoxy) is 1. The molecule has 2 aromatic carbocycles. The average molecular weight is 315 g/mol. The Morgan fingerprint density at radius 2 is 2.05 bits per heavy atom. The summed E-state index contributed by atoms with van der Waals surface area (Å²) in [4.78, 5) is 15.8. The van der Waals surface area contributed by atoms with Crippen molar-refractivity contribution in [2.24, 2.45) is 7.05 Å². The highest BCUT2D eigenvalue weighted by Gasteiger charge is 2.15. The van der Waals surface area contributed by atoms with Gasteiger partial charge in [-0.15, -0.1) is 0 Å². The van der Waals surface area contributed by atoms with Crippen LogP contribution in [0.3, 0.4) is 0 Å². The molecule has 6 nitrogen and oxygen atoms in total. The summed E-state index contributed by atoms with van der Waals surface area (Å²) in [6.45, 7) is 0. The van der Waals surface area contributed by atoms with E-state index in [0.29, 0.717) is 5.75 Å². The summed E-state index contributed by atoms with van der Waals surface area (Å²) >= 11 is 1.42. The molecule has 7 heteroatoms. The third-order valence-corrected chi connectivity index (χ3v) is 4.41. The lowest BCUT2D eigenvalue weighted by Gasteiger charge is -2.07. The third kappa shape index (κ3) is 2.50. The molecule has 0 unspecified atom stereocenters. The Labute approximate surface area is 130 Å². The molecule has 1 aromatic heterocycles. The largest absolute Gasteiger partial charge is 0.495 e. The van der Waals surface area contributed by atoms with E-state index in [4.69, 9.17) is 4.74 Å². The molecule has 22 heavy (non-hydrogen) atoms. The SMILES string of the molecule is COc1cc([N+](=O)[O-])ccc1Sc1nc2ccccc2n1C. The zero-order valence-electron chi connectivity index (χ0n) is 12.0. The maximum absolute atomic E-state index is 10.8. The Kier molecular flexibility index (Phi) is 3.72. The predicted molar refractivity (Wildman–Crippen MR) is 84.5 cm³/mol. The van der Waals surface area contributed by atoms with Crippen molar-refractivity contribution in [2.75, 3.05) is 7.11 Å². The van der Waals surface area contributed by atoms with Crippen LogP contribution in [0.1, 0.15) is 0 Å². The van der Waals surface area contributed by atoms with Gasteiger partial charge in [-0.3, -0.25) is 10.1 Å². The van der Waals surface area contributed by atoms with E-state index in [2.05, 4.69) is 4.98 Å². The van der Waals surface area contributed by atoms with Crippen LogP contribution in [0.4, 0.5) is 5.69 Å². The lowest BCUT2D eigenvalue weighted by molar-refractivity contribution is -0.385. The number of hydrogen-bond acceptors (Lipinski definition) is 5. The average Bonchev–Trinajstić information content (AvgIpc) is 2.84. The van der Waals surface area contributed by atoms with Gasteiger partial charge in [-0.25, -0.2) is 4.98 Å². The van der Waals surface area contributed by atoms with E-state index in [-0.39, 0.29) is 5.69 Å². The lowest BCUT2D eigenvalue weighted by Crippen LogP contribution is -1.94. The van der Waals surface area contributed by atoms with Gasteiger partial charge in [-0.2, -0.15) is 0 Å². The highest BCUT2D eigenvalue weighted by molar-refractivity contribution is 7.99. The highest BCUT2D eigenvalue weighted by atomic mass is 32.2. The van der Waals surface area contributed by atoms with Crippen molar-refractivity contribution in [2.45, 2.75) is 10.1 Å². The fraction of sp³-hybridized carbons (Fsp3) is 0.133. The van der Waals surface area contributed by atoms with E-state index in [0.717, 1.165) is 21.1 Å². The number of methoxy groups -OCH3 is 1. The van der Waals surface area contributed by atoms with E-state index >= 15 is 0 Å². The van der Waals surface area contributed by atoms with Crippen LogP contribution in [0.2, 0.25) is 0 Å². The van der Waals surface area contributed by atoms with E-state index in [1.54, 1.807) is 6.07 Å². The van der Waals surface area contributed by atoms with E-state index in [1.807, 2.05) is 35.9 Å². The molecule has 112 valence electrons. The van der Waals surface area contributed by atoms with Crippen LogP contribution >= 0.6 is 11.8 Å². The molecule has 0 aliphatic heterocycles. The Morgan fingerprint density at radius 1 is 1.27 bits per heavy atom. The van der Waals surface area contributed by atoms with Gasteiger partial charge >= 0.3 is 0 Å². The van der Waals surface area contributed by atoms with Gasteiger partial charge in [0.2, 0.25) is 0 Å². The first-order valence-corrected chi connectivity index (χ1v) is 7.33. The summed E-state index contributed by atoms with van der Waals surface area (Å²) < 4.78 is 7.25. The summed E-state index contributed by atoms with van der Waals surface area (Å²) in [7, 11) is 3.44. The Morgan fingerprint density at radius 3 is 2.73 bits per heavy atom. The van der Waals surface area contributed by atoms with Gasteiger partial charge < -0.3 is 9.30 Å². The van der Waals surface area contributed by atoms with Crippen LogP contribution in [0.15, 0.2) is 52.5 Å². The minimum absolute atomic E-state index is 0.00574. The van der Waals surface area contributed by atoms with Gasteiger partial charge in [0.05, 0.1) is 34.0 Å². The first-order chi connectivity index (χ1) is 10.6. The summed E-state index contributed by atoms with van der Waals surface area (Å²) in [6, 6.07) is 12.4. The molecule has 0 saturated carbocycles. The zero-order valence-corrected chi connectivity index (χ0v) is 12.8. The van der Waals surface area contributed by atoms with E-state index < -0.39 is 4.92 Å². The number of rotatable bonds is 4. The monoisotopic (exact) mass is 315 g/mol. The Hall–Kier alpha value is -2.54. The predicted octanol–water partition coefficient (Wildman–Crippen LogP) is 3.64. The number of non-ortho nitro benzene ring substituents is 1. The fourth-order valence-electron chi connectivity index (χ4n) is 2.17. The molecule has 3 aromatic rings. The first-order valence-electron chi connectivity index (χ1n) is 6.52. The molecule has 0 aliphatic carbocycles. The van der Waals surface area contributed by atoms with E-state index in [1.165, 1.54) is 31.0 Å². The smallest absolute Gasteiger partial charge is 0.273 e. The van der Waals surface area contributed by atoms with Gasteiger partial charge in [0.1, 0.15) is 5.75 Å². The van der Waals surface area contributed by atoms with Gasteiger partial charge in [0.15, 0.2) is 5.16 Å². The standard InChI is InChI=1S/C15H13N3O3S/c1-17-12-6-4-3-5-11(12)16-15(17)22-14-8-7-10(18(19)20)9-13(14)21-2/h3-9H,1-2H3. The summed E-state index contributed by atoms with van der Waals surface area (Å²) in [6.07, 6.45) is 0. The van der Waals surface area contributed by atoms with Crippen LogP contribution in [0.5, 0.6) is 5.75 Å². The van der Waals surface area contributed by atoms with Crippen LogP contribution in [-0.4, -0.2) is 21.6 Å². The second-order valence-corrected chi connectivity index (χ2v) is 5.65. The molecule has 3 rings (SSSR count). The van der Waals surface area contributed by atoms with Crippen LogP contribution in [-0.2, 0) is 7.05 Å². The second kappa shape index (κ2) is 5.69. The molecule has 0 spiro atoms. The van der Waals surface area contributed by atoms with Crippen molar-refractivity contribution in [1.82, 2.24) is 9.55 Å². The van der Waals surface area contributed by atoms with Crippen LogP contribution < -0.4 is 4.74 Å². The number of nitrogens with zero attached hydrogens (tertiary/aromatic N) is 3. The molecule has 0 radical (unpaired) electrons. The molecular weight excluding hydrogens is 302 g/mol. The van der Waals surface area contributed by atoms with Gasteiger partial charge in [0.25, 0.3) is 5.69 Å². The van der Waals surface area contributed by atoms with Crippen molar-refractivity contribution in [1.29, 1.82) is 0 Å². The number of imidazole rings is 1. The van der Waals surface area contributed by atoms with Crippen molar-refractivity contribution in [3.05, 3.63) is 52.6 Å². The number of nitro groups is 1. The maximum Gasteiger partial charge on any atom is 0.273 e. The first kappa shape index (κ1) is 14.4. The summed E-state index contributed by atoms with van der Waals surface area (Å²) in [5.74, 6) is 0.464. The Balaban J connectivity index is 2.01. The minimum atomic E-state index is -0.438. The number of para-hydroxylation sites is 2. The number of aryl methyl sites for hydroxylation is 1. The normalized spacial score (nSPS) is 10.8. The fourth-order valence-corrected chi connectivity index (χ4v) is 3.12. The topological polar surface area (TPSA) is 70.2 Å². The molecule has 0 aliphatic rings. The maximum atomic E-state index is 10.8. The van der Waals surface area contributed by atoms with Crippen molar-refractivity contribution >= 4 is 28.5 Å². The molecule has 0 fully saturated rings. The third-order valence-electron chi connectivity index (χ3n) is 3.31. The highest BCUT2D eigenvalue weighted by Crippen LogP contribution is 2.37. The van der Waals surface area contributed by atoms with Crippen LogP contribution in [0, 0.1) is 10.1 Å². The van der Waals surface area contributed by atoms with Crippen LogP contribution in [0.25, 0.3) is 11.0 Å². The van der Waals surface area contributed by atoms with Crippen molar-refractivity contribution < 1.29 is 9.66 Å². The minimum Gasteiger partial charge on any atom is -0.495 e. The lowest BCUT2D eigenvalue weighted by atomic mass is 10.3. The number of nitro benzene ring substituents is 1. The van der Waals surface area contributed by atoms with Gasteiger partial charge in [-0.1, -0.05) is 12.1 Å². The number of aromatic nitrogens is 2. The molecular formula is C15H13N3O3S. The molecule has 0 amide bonds. The molecule has 0 N–H and O–H groups in total. The number of benzene rings is 2. The van der Waals surface area contributed by atoms with Gasteiger partial charge in [0, 0.05) is 13.1 Å². The van der Waals surface area contributed by atoms with E-state index in [9.17, 15) is 10.1 Å². The zero-order chi connectivity index (χ0) is 15.7. The Bertz CT molecular complexity index is 860. The summed E-state index contributed by atoms with van der Waals surface area (Å²) in [5, 5.41) is 11.6.